The highest BCUT2D eigenvalue weighted by Crippen LogP contribution is 2.44. The standard InChI is InChI=1S/C55H40N2.C2H6/c1-36-14-9-11-22-46(36)47-28-26-45(30-37(47)2)56(42-17-5-3-6-18-42)44-21-13-16-38(31-44)39-25-29-54-52(32-39)53-35-50-41(34-55(53)57(54)43-19-7-4-8-20-43)24-27-49-48-23-12-10-15-40(48)33-51(49)50;1-2/h3-32,34-35H,33H2,1-2H3;1-2H3. The van der Waals surface area contributed by atoms with Crippen LogP contribution in [0.15, 0.2) is 194 Å². The minimum Gasteiger partial charge on any atom is -0.310 e. The summed E-state index contributed by atoms with van der Waals surface area (Å²) >= 11 is 0. The number of anilines is 3. The van der Waals surface area contributed by atoms with E-state index >= 15 is 0 Å². The number of hydrogen-bond donors (Lipinski definition) is 0. The number of para-hydroxylation sites is 2. The Hall–Kier alpha value is -7.16. The molecule has 0 unspecified atom stereocenters. The molecule has 2 nitrogen and oxygen atoms in total. The van der Waals surface area contributed by atoms with E-state index in [4.69, 9.17) is 0 Å². The Bertz CT molecular complexity index is 3170. The van der Waals surface area contributed by atoms with E-state index in [1.807, 2.05) is 13.8 Å². The molecule has 284 valence electrons. The van der Waals surface area contributed by atoms with Crippen molar-refractivity contribution >= 4 is 49.6 Å². The summed E-state index contributed by atoms with van der Waals surface area (Å²) in [5, 5.41) is 5.16. The molecule has 1 heterocycles. The lowest BCUT2D eigenvalue weighted by atomic mass is 9.96. The zero-order chi connectivity index (χ0) is 40.0. The van der Waals surface area contributed by atoms with E-state index in [-0.39, 0.29) is 0 Å². The van der Waals surface area contributed by atoms with Gasteiger partial charge in [0.05, 0.1) is 11.0 Å². The summed E-state index contributed by atoms with van der Waals surface area (Å²) < 4.78 is 2.44. The van der Waals surface area contributed by atoms with Crippen LogP contribution in [-0.4, -0.2) is 4.57 Å². The summed E-state index contributed by atoms with van der Waals surface area (Å²) in [6, 6.07) is 71.5. The third kappa shape index (κ3) is 6.20. The van der Waals surface area contributed by atoms with Gasteiger partial charge in [-0.1, -0.05) is 135 Å². The van der Waals surface area contributed by atoms with Gasteiger partial charge in [0, 0.05) is 33.5 Å². The lowest BCUT2D eigenvalue weighted by Crippen LogP contribution is -2.10. The smallest absolute Gasteiger partial charge is 0.0547 e. The first kappa shape index (κ1) is 36.2. The third-order valence-electron chi connectivity index (χ3n) is 12.1. The Balaban J connectivity index is 0.00000207. The number of benzene rings is 9. The Labute approximate surface area is 347 Å². The molecule has 11 rings (SSSR count). The van der Waals surface area contributed by atoms with Crippen LogP contribution in [0.5, 0.6) is 0 Å². The molecule has 2 heteroatoms. The largest absolute Gasteiger partial charge is 0.310 e. The third-order valence-corrected chi connectivity index (χ3v) is 12.1. The second-order valence-corrected chi connectivity index (χ2v) is 15.5. The average molecular weight is 759 g/mol. The quantitative estimate of drug-likeness (QED) is 0.164. The van der Waals surface area contributed by atoms with Crippen molar-refractivity contribution in [2.75, 3.05) is 4.90 Å². The van der Waals surface area contributed by atoms with Gasteiger partial charge in [-0.25, -0.2) is 0 Å². The summed E-state index contributed by atoms with van der Waals surface area (Å²) in [4.78, 5) is 2.38. The zero-order valence-electron chi connectivity index (χ0n) is 34.1. The summed E-state index contributed by atoms with van der Waals surface area (Å²) in [5.41, 5.74) is 20.0. The fourth-order valence-electron chi connectivity index (χ4n) is 9.32. The van der Waals surface area contributed by atoms with E-state index in [0.717, 1.165) is 23.5 Å². The molecule has 9 aromatic carbocycles. The van der Waals surface area contributed by atoms with Crippen molar-refractivity contribution in [1.29, 1.82) is 0 Å². The van der Waals surface area contributed by atoms with E-state index in [0.29, 0.717) is 0 Å². The van der Waals surface area contributed by atoms with Crippen molar-refractivity contribution < 1.29 is 0 Å². The molecule has 0 aliphatic heterocycles. The molecular weight excluding hydrogens is 713 g/mol. The van der Waals surface area contributed by atoms with Crippen LogP contribution in [0.25, 0.3) is 71.6 Å². The highest BCUT2D eigenvalue weighted by Gasteiger charge is 2.22. The predicted molar refractivity (Wildman–Crippen MR) is 253 cm³/mol. The molecule has 1 aliphatic rings. The lowest BCUT2D eigenvalue weighted by molar-refractivity contribution is 1.18. The van der Waals surface area contributed by atoms with Crippen LogP contribution < -0.4 is 4.90 Å². The predicted octanol–water partition coefficient (Wildman–Crippen LogP) is 16.0. The zero-order valence-corrected chi connectivity index (χ0v) is 34.1. The Morgan fingerprint density at radius 2 is 1.05 bits per heavy atom. The van der Waals surface area contributed by atoms with Crippen LogP contribution >= 0.6 is 0 Å². The molecule has 0 amide bonds. The van der Waals surface area contributed by atoms with Crippen LogP contribution in [0.4, 0.5) is 17.1 Å². The number of hydrogen-bond acceptors (Lipinski definition) is 1. The minimum atomic E-state index is 0.968. The highest BCUT2D eigenvalue weighted by atomic mass is 15.1. The minimum absolute atomic E-state index is 0.968. The number of aryl methyl sites for hydroxylation is 2. The molecule has 0 saturated carbocycles. The van der Waals surface area contributed by atoms with Crippen LogP contribution in [-0.2, 0) is 6.42 Å². The van der Waals surface area contributed by atoms with Gasteiger partial charge in [-0.3, -0.25) is 0 Å². The summed E-state index contributed by atoms with van der Waals surface area (Å²) in [6.45, 7) is 8.41. The highest BCUT2D eigenvalue weighted by molar-refractivity contribution is 6.15. The van der Waals surface area contributed by atoms with E-state index in [1.165, 1.54) is 93.9 Å². The molecule has 0 spiro atoms. The molecule has 1 aromatic heterocycles. The van der Waals surface area contributed by atoms with Gasteiger partial charge < -0.3 is 9.47 Å². The van der Waals surface area contributed by atoms with Gasteiger partial charge in [-0.2, -0.15) is 0 Å². The van der Waals surface area contributed by atoms with E-state index < -0.39 is 0 Å². The van der Waals surface area contributed by atoms with Gasteiger partial charge in [-0.15, -0.1) is 0 Å². The second kappa shape index (κ2) is 15.0. The van der Waals surface area contributed by atoms with Crippen molar-refractivity contribution in [3.63, 3.8) is 0 Å². The molecule has 0 radical (unpaired) electrons. The molecule has 59 heavy (non-hydrogen) atoms. The van der Waals surface area contributed by atoms with Crippen LogP contribution in [0.1, 0.15) is 36.1 Å². The van der Waals surface area contributed by atoms with Gasteiger partial charge >= 0.3 is 0 Å². The fourth-order valence-corrected chi connectivity index (χ4v) is 9.32. The maximum Gasteiger partial charge on any atom is 0.0547 e. The number of fused-ring (bicyclic) bond motifs is 8. The van der Waals surface area contributed by atoms with Crippen molar-refractivity contribution in [2.45, 2.75) is 34.1 Å². The molecule has 0 bridgehead atoms. The summed E-state index contributed by atoms with van der Waals surface area (Å²) in [7, 11) is 0. The first-order chi connectivity index (χ1) is 29.1. The van der Waals surface area contributed by atoms with Gasteiger partial charge in [0.1, 0.15) is 0 Å². The van der Waals surface area contributed by atoms with E-state index in [2.05, 4.69) is 217 Å². The summed E-state index contributed by atoms with van der Waals surface area (Å²) in [5.74, 6) is 0. The normalized spacial score (nSPS) is 11.7. The molecule has 10 aromatic rings. The molecule has 0 atom stereocenters. The molecule has 0 saturated heterocycles. The lowest BCUT2D eigenvalue weighted by Gasteiger charge is -2.27. The Kier molecular flexibility index (Phi) is 9.19. The van der Waals surface area contributed by atoms with Gasteiger partial charge in [-0.05, 0) is 159 Å². The first-order valence-electron chi connectivity index (χ1n) is 20.9. The molecule has 0 fully saturated rings. The van der Waals surface area contributed by atoms with Gasteiger partial charge in [0.15, 0.2) is 0 Å². The maximum atomic E-state index is 2.47. The van der Waals surface area contributed by atoms with Crippen molar-refractivity contribution in [3.05, 3.63) is 216 Å². The van der Waals surface area contributed by atoms with Gasteiger partial charge in [0.25, 0.3) is 0 Å². The Morgan fingerprint density at radius 1 is 0.407 bits per heavy atom. The molecular formula is C57H46N2. The number of rotatable bonds is 6. The SMILES string of the molecule is CC.Cc1ccccc1-c1ccc(N(c2ccccc2)c2cccc(-c3ccc4c(c3)c3cc5c6c(ccc5cc3n4-c3ccccc3)-c3ccccc3C6)c2)cc1C. The molecule has 0 N–H and O–H groups in total. The second-order valence-electron chi connectivity index (χ2n) is 15.5. The molecule has 1 aliphatic carbocycles. The van der Waals surface area contributed by atoms with E-state index in [9.17, 15) is 0 Å². The van der Waals surface area contributed by atoms with Crippen LogP contribution in [0.2, 0.25) is 0 Å². The maximum absolute atomic E-state index is 2.47. The van der Waals surface area contributed by atoms with Crippen molar-refractivity contribution in [1.82, 2.24) is 4.57 Å². The number of nitrogens with zero attached hydrogens (tertiary/aromatic N) is 2. The van der Waals surface area contributed by atoms with Crippen LogP contribution in [0, 0.1) is 13.8 Å². The first-order valence-corrected chi connectivity index (χ1v) is 20.9. The van der Waals surface area contributed by atoms with Gasteiger partial charge in [0.2, 0.25) is 0 Å². The Morgan fingerprint density at radius 3 is 1.85 bits per heavy atom. The summed E-state index contributed by atoms with van der Waals surface area (Å²) in [6.07, 6.45) is 0.968. The average Bonchev–Trinajstić information content (AvgIpc) is 3.83. The fraction of sp³-hybridized carbons (Fsp3) is 0.0877. The number of aromatic nitrogens is 1. The van der Waals surface area contributed by atoms with E-state index in [1.54, 1.807) is 0 Å². The topological polar surface area (TPSA) is 8.17 Å². The van der Waals surface area contributed by atoms with Crippen LogP contribution in [0.3, 0.4) is 0 Å². The van der Waals surface area contributed by atoms with Crippen molar-refractivity contribution in [3.8, 4) is 39.1 Å². The monoisotopic (exact) mass is 758 g/mol. The van der Waals surface area contributed by atoms with Crippen molar-refractivity contribution in [2.24, 2.45) is 0 Å².